The number of nitrogens with zero attached hydrogens (tertiary/aromatic N) is 3. The lowest BCUT2D eigenvalue weighted by molar-refractivity contribution is 0.0986. The summed E-state index contributed by atoms with van der Waals surface area (Å²) in [5.74, 6) is 0.810. The van der Waals surface area contributed by atoms with Gasteiger partial charge in [0.25, 0.3) is 0 Å². The molecule has 1 aromatic heterocycles. The maximum absolute atomic E-state index is 12.5. The Morgan fingerprint density at radius 2 is 1.77 bits per heavy atom. The second-order valence-electron chi connectivity index (χ2n) is 8.67. The van der Waals surface area contributed by atoms with Gasteiger partial charge in [-0.05, 0) is 49.6 Å². The Bertz CT molecular complexity index is 1150. The molecule has 8 heteroatoms. The molecule has 0 unspecified atom stereocenters. The summed E-state index contributed by atoms with van der Waals surface area (Å²) in [4.78, 5) is 33.3. The molecular weight excluding hydrogens is 442 g/mol. The summed E-state index contributed by atoms with van der Waals surface area (Å²) in [7, 11) is 0. The first-order valence-electron chi connectivity index (χ1n) is 11.8. The fourth-order valence-electron chi connectivity index (χ4n) is 4.03. The summed E-state index contributed by atoms with van der Waals surface area (Å²) >= 11 is 0. The third-order valence-corrected chi connectivity index (χ3v) is 5.92. The molecule has 2 heterocycles. The number of hydrogen-bond acceptors (Lipinski definition) is 5. The zero-order valence-electron chi connectivity index (χ0n) is 20.2. The fourth-order valence-corrected chi connectivity index (χ4v) is 4.03. The topological polar surface area (TPSA) is 86.8 Å². The molecule has 0 aliphatic carbocycles. The van der Waals surface area contributed by atoms with Gasteiger partial charge in [0.15, 0.2) is 0 Å². The van der Waals surface area contributed by atoms with Crippen molar-refractivity contribution in [3.8, 4) is 0 Å². The van der Waals surface area contributed by atoms with Crippen LogP contribution in [0.1, 0.15) is 23.1 Å². The molecule has 8 nitrogen and oxygen atoms in total. The molecule has 0 atom stereocenters. The van der Waals surface area contributed by atoms with Gasteiger partial charge >= 0.3 is 12.1 Å². The molecular formula is C27H31N5O3. The monoisotopic (exact) mass is 473 g/mol. The summed E-state index contributed by atoms with van der Waals surface area (Å²) in [6.07, 6.45) is 2.17. The zero-order chi connectivity index (χ0) is 24.6. The van der Waals surface area contributed by atoms with Crippen molar-refractivity contribution in [2.45, 2.75) is 26.9 Å². The maximum Gasteiger partial charge on any atom is 0.410 e. The van der Waals surface area contributed by atoms with E-state index in [0.717, 1.165) is 41.2 Å². The number of aromatic nitrogens is 1. The summed E-state index contributed by atoms with van der Waals surface area (Å²) in [5.41, 5.74) is 4.51. The molecule has 35 heavy (non-hydrogen) atoms. The molecule has 0 radical (unpaired) electrons. The van der Waals surface area contributed by atoms with Gasteiger partial charge in [0.1, 0.15) is 12.4 Å². The van der Waals surface area contributed by atoms with Gasteiger partial charge in [0.2, 0.25) is 0 Å². The van der Waals surface area contributed by atoms with E-state index in [4.69, 9.17) is 4.74 Å². The van der Waals surface area contributed by atoms with Crippen molar-refractivity contribution in [1.29, 1.82) is 0 Å². The molecule has 0 spiro atoms. The number of benzene rings is 2. The van der Waals surface area contributed by atoms with Gasteiger partial charge in [-0.25, -0.2) is 14.6 Å². The van der Waals surface area contributed by atoms with Gasteiger partial charge in [-0.2, -0.15) is 0 Å². The van der Waals surface area contributed by atoms with Crippen molar-refractivity contribution in [2.24, 2.45) is 0 Å². The molecule has 1 saturated heterocycles. The van der Waals surface area contributed by atoms with E-state index >= 15 is 0 Å². The summed E-state index contributed by atoms with van der Waals surface area (Å²) in [6, 6.07) is 19.0. The predicted octanol–water partition coefficient (Wildman–Crippen LogP) is 5.19. The van der Waals surface area contributed by atoms with Gasteiger partial charge < -0.3 is 25.2 Å². The molecule has 1 fully saturated rings. The zero-order valence-corrected chi connectivity index (χ0v) is 20.2. The van der Waals surface area contributed by atoms with Crippen LogP contribution >= 0.6 is 0 Å². The first-order chi connectivity index (χ1) is 17.0. The van der Waals surface area contributed by atoms with Crippen molar-refractivity contribution in [2.75, 3.05) is 41.7 Å². The largest absolute Gasteiger partial charge is 0.445 e. The van der Waals surface area contributed by atoms with Gasteiger partial charge in [-0.15, -0.1) is 0 Å². The van der Waals surface area contributed by atoms with E-state index < -0.39 is 0 Å². The Morgan fingerprint density at radius 1 is 0.943 bits per heavy atom. The highest BCUT2D eigenvalue weighted by Crippen LogP contribution is 2.19. The average molecular weight is 474 g/mol. The number of anilines is 3. The van der Waals surface area contributed by atoms with E-state index in [1.54, 1.807) is 11.1 Å². The molecule has 0 bridgehead atoms. The van der Waals surface area contributed by atoms with E-state index in [2.05, 4.69) is 20.5 Å². The van der Waals surface area contributed by atoms with E-state index in [1.165, 1.54) is 0 Å². The highest BCUT2D eigenvalue weighted by atomic mass is 16.6. The van der Waals surface area contributed by atoms with Crippen LogP contribution in [0.15, 0.2) is 66.9 Å². The molecule has 182 valence electrons. The van der Waals surface area contributed by atoms with Crippen LogP contribution in [0.3, 0.4) is 0 Å². The molecule has 2 aromatic carbocycles. The number of rotatable bonds is 5. The first-order valence-corrected chi connectivity index (χ1v) is 11.8. The van der Waals surface area contributed by atoms with Crippen molar-refractivity contribution < 1.29 is 14.3 Å². The predicted molar refractivity (Wildman–Crippen MR) is 138 cm³/mol. The minimum atomic E-state index is -0.314. The van der Waals surface area contributed by atoms with Crippen LogP contribution < -0.4 is 15.5 Å². The number of carbonyl (C=O) groups is 2. The lowest BCUT2D eigenvalue weighted by Crippen LogP contribution is -2.35. The van der Waals surface area contributed by atoms with Crippen LogP contribution in [0.5, 0.6) is 0 Å². The fraction of sp³-hybridized carbons (Fsp3) is 0.296. The number of nitrogens with one attached hydrogen (secondary N) is 2. The highest BCUT2D eigenvalue weighted by molar-refractivity contribution is 6.00. The Kier molecular flexibility index (Phi) is 7.82. The second kappa shape index (κ2) is 11.4. The van der Waals surface area contributed by atoms with E-state index in [-0.39, 0.29) is 18.7 Å². The standard InChI is InChI=1S/C27H31N5O3/c1-20-9-11-24(21(2)17-20)30-26(33)29-23-10-12-25(28-18-23)31-13-6-14-32(16-15-31)27(34)35-19-22-7-4-3-5-8-22/h3-5,7-12,17-18H,6,13-16,19H2,1-2H3,(H2,29,30,33). The van der Waals surface area contributed by atoms with Gasteiger partial charge in [0, 0.05) is 31.9 Å². The molecule has 2 N–H and O–H groups in total. The molecule has 1 aliphatic rings. The SMILES string of the molecule is Cc1ccc(NC(=O)Nc2ccc(N3CCCN(C(=O)OCc4ccccc4)CC3)nc2)c(C)c1. The summed E-state index contributed by atoms with van der Waals surface area (Å²) in [5, 5.41) is 5.69. The molecule has 1 aliphatic heterocycles. The van der Waals surface area contributed by atoms with Crippen LogP contribution in [-0.4, -0.2) is 48.2 Å². The first kappa shape index (κ1) is 24.1. The Hall–Kier alpha value is -4.07. The van der Waals surface area contributed by atoms with Crippen LogP contribution in [0.2, 0.25) is 0 Å². The molecule has 3 amide bonds. The van der Waals surface area contributed by atoms with E-state index in [1.807, 2.05) is 74.5 Å². The minimum Gasteiger partial charge on any atom is -0.445 e. The number of pyridine rings is 1. The van der Waals surface area contributed by atoms with Gasteiger partial charge in [-0.3, -0.25) is 0 Å². The van der Waals surface area contributed by atoms with E-state index in [0.29, 0.717) is 25.3 Å². The van der Waals surface area contributed by atoms with Gasteiger partial charge in [0.05, 0.1) is 11.9 Å². The average Bonchev–Trinajstić information content (AvgIpc) is 3.12. The van der Waals surface area contributed by atoms with Crippen molar-refractivity contribution >= 4 is 29.3 Å². The van der Waals surface area contributed by atoms with Crippen molar-refractivity contribution in [1.82, 2.24) is 9.88 Å². The minimum absolute atomic E-state index is 0.271. The number of ether oxygens (including phenoxy) is 1. The van der Waals surface area contributed by atoms with E-state index in [9.17, 15) is 9.59 Å². The summed E-state index contributed by atoms with van der Waals surface area (Å²) < 4.78 is 5.48. The molecule has 0 saturated carbocycles. The smallest absolute Gasteiger partial charge is 0.410 e. The Morgan fingerprint density at radius 3 is 2.51 bits per heavy atom. The highest BCUT2D eigenvalue weighted by Gasteiger charge is 2.21. The van der Waals surface area contributed by atoms with Crippen LogP contribution in [0.25, 0.3) is 0 Å². The number of hydrogen-bond donors (Lipinski definition) is 2. The van der Waals surface area contributed by atoms with Crippen molar-refractivity contribution in [3.63, 3.8) is 0 Å². The van der Waals surface area contributed by atoms with Crippen LogP contribution in [0.4, 0.5) is 26.8 Å². The third-order valence-electron chi connectivity index (χ3n) is 5.92. The quantitative estimate of drug-likeness (QED) is 0.532. The van der Waals surface area contributed by atoms with Crippen molar-refractivity contribution in [3.05, 3.63) is 83.6 Å². The Labute approximate surface area is 205 Å². The molecule has 4 rings (SSSR count). The van der Waals surface area contributed by atoms with Gasteiger partial charge in [-0.1, -0.05) is 48.0 Å². The number of carbonyl (C=O) groups excluding carboxylic acids is 2. The number of aryl methyl sites for hydroxylation is 2. The Balaban J connectivity index is 1.27. The van der Waals surface area contributed by atoms with Crippen LogP contribution in [-0.2, 0) is 11.3 Å². The number of amides is 3. The molecule has 3 aromatic rings. The lowest BCUT2D eigenvalue weighted by atomic mass is 10.1. The second-order valence-corrected chi connectivity index (χ2v) is 8.67. The number of urea groups is 1. The maximum atomic E-state index is 12.5. The lowest BCUT2D eigenvalue weighted by Gasteiger charge is -2.22. The normalized spacial score (nSPS) is 13.7. The van der Waals surface area contributed by atoms with Crippen LogP contribution in [0, 0.1) is 13.8 Å². The third kappa shape index (κ3) is 6.72. The summed E-state index contributed by atoms with van der Waals surface area (Å²) in [6.45, 7) is 6.90.